The highest BCUT2D eigenvalue weighted by molar-refractivity contribution is 5.79. The van der Waals surface area contributed by atoms with Crippen LogP contribution in [-0.4, -0.2) is 6.21 Å². The zero-order chi connectivity index (χ0) is 16.0. The first-order valence-electron chi connectivity index (χ1n) is 7.00. The van der Waals surface area contributed by atoms with Crippen LogP contribution in [0.3, 0.4) is 0 Å². The smallest absolute Gasteiger partial charge is 0.0517 e. The lowest BCUT2D eigenvalue weighted by Gasteiger charge is -2.18. The summed E-state index contributed by atoms with van der Waals surface area (Å²) in [7, 11) is 0. The molecule has 3 nitrogen and oxygen atoms in total. The van der Waals surface area contributed by atoms with Crippen LogP contribution in [0.2, 0.25) is 0 Å². The summed E-state index contributed by atoms with van der Waals surface area (Å²) < 4.78 is 0. The molecule has 0 saturated heterocycles. The Hall–Kier alpha value is -1.77. The molecule has 0 bridgehead atoms. The number of nitrogens with two attached hydrogens (primary N) is 2. The van der Waals surface area contributed by atoms with Crippen molar-refractivity contribution in [1.82, 2.24) is 0 Å². The number of benzene rings is 1. The fraction of sp³-hybridized carbons (Fsp3) is 0.471. The first-order chi connectivity index (χ1) is 9.33. The summed E-state index contributed by atoms with van der Waals surface area (Å²) in [5, 5.41) is 3.40. The van der Waals surface area contributed by atoms with Gasteiger partial charge in [0.05, 0.1) is 6.21 Å². The highest BCUT2D eigenvalue weighted by atomic mass is 15.1. The van der Waals surface area contributed by atoms with Crippen molar-refractivity contribution in [3.05, 3.63) is 47.7 Å². The molecule has 3 heteroatoms. The average molecular weight is 277 g/mol. The largest absolute Gasteiger partial charge is 0.404 e. The van der Waals surface area contributed by atoms with E-state index >= 15 is 0 Å². The van der Waals surface area contributed by atoms with E-state index < -0.39 is 0 Å². The maximum atomic E-state index is 5.34. The molecule has 0 spiro atoms. The molecule has 4 N–H and O–H groups in total. The van der Waals surface area contributed by atoms with Crippen LogP contribution in [0.15, 0.2) is 47.2 Å². The van der Waals surface area contributed by atoms with Gasteiger partial charge in [0, 0.05) is 0 Å². The summed E-state index contributed by atoms with van der Waals surface area (Å²) in [5.74, 6) is 4.97. The monoisotopic (exact) mass is 277 g/mol. The van der Waals surface area contributed by atoms with Crippen LogP contribution in [0.5, 0.6) is 0 Å². The molecule has 0 atom stereocenters. The van der Waals surface area contributed by atoms with Crippen molar-refractivity contribution in [2.24, 2.45) is 22.1 Å². The summed E-state index contributed by atoms with van der Waals surface area (Å²) in [6, 6.07) is 10.3. The number of nitrogens with zero attached hydrogens (tertiary/aromatic N) is 1. The van der Waals surface area contributed by atoms with Gasteiger partial charge in [-0.1, -0.05) is 76.9 Å². The zero-order valence-corrected chi connectivity index (χ0v) is 13.9. The minimum atomic E-state index is 0.0254. The summed E-state index contributed by atoms with van der Waals surface area (Å²) in [6.45, 7) is 12.5. The Morgan fingerprint density at radius 2 is 1.60 bits per heavy atom. The normalized spacial score (nSPS) is 11.2. The summed E-state index contributed by atoms with van der Waals surface area (Å²) in [6.07, 6.45) is 4.34. The van der Waals surface area contributed by atoms with Crippen LogP contribution in [0.4, 0.5) is 0 Å². The van der Waals surface area contributed by atoms with Crippen molar-refractivity contribution >= 4 is 6.21 Å². The Labute approximate surface area is 124 Å². The van der Waals surface area contributed by atoms with Crippen LogP contribution in [-0.2, 0) is 0 Å². The van der Waals surface area contributed by atoms with Gasteiger partial charge in [-0.05, 0) is 24.1 Å². The van der Waals surface area contributed by atoms with E-state index in [0.717, 1.165) is 5.57 Å². The van der Waals surface area contributed by atoms with Crippen LogP contribution < -0.4 is 11.6 Å². The van der Waals surface area contributed by atoms with Gasteiger partial charge in [-0.15, -0.1) is 0 Å². The second-order valence-corrected chi connectivity index (χ2v) is 5.51. The van der Waals surface area contributed by atoms with E-state index in [4.69, 9.17) is 11.6 Å². The Kier molecular flexibility index (Phi) is 12.6. The molecule has 0 aromatic heterocycles. The fourth-order valence-electron chi connectivity index (χ4n) is 1.10. The van der Waals surface area contributed by atoms with Crippen LogP contribution >= 0.6 is 0 Å². The molecule has 0 radical (unpaired) electrons. The molecule has 0 heterocycles. The van der Waals surface area contributed by atoms with Gasteiger partial charge in [-0.25, -0.2) is 0 Å². The van der Waals surface area contributed by atoms with Gasteiger partial charge in [-0.3, -0.25) is 0 Å². The van der Waals surface area contributed by atoms with Crippen molar-refractivity contribution < 1.29 is 0 Å². The Morgan fingerprint density at radius 3 is 1.75 bits per heavy atom. The number of hydrogen-bond donors (Lipinski definition) is 2. The molecule has 1 aromatic carbocycles. The molecule has 1 aromatic rings. The maximum absolute atomic E-state index is 5.34. The van der Waals surface area contributed by atoms with E-state index in [1.54, 1.807) is 6.21 Å². The summed E-state index contributed by atoms with van der Waals surface area (Å²) in [5.41, 5.74) is 7.62. The van der Waals surface area contributed by atoms with Gasteiger partial charge >= 0.3 is 0 Å². The topological polar surface area (TPSA) is 64.4 Å². The lowest BCUT2D eigenvalue weighted by atomic mass is 9.88. The minimum absolute atomic E-state index is 0.0254. The van der Waals surface area contributed by atoms with E-state index in [1.807, 2.05) is 39.0 Å². The summed E-state index contributed by atoms with van der Waals surface area (Å²) >= 11 is 0. The third-order valence-electron chi connectivity index (χ3n) is 2.20. The van der Waals surface area contributed by atoms with E-state index in [-0.39, 0.29) is 5.41 Å². The van der Waals surface area contributed by atoms with Crippen molar-refractivity contribution in [1.29, 1.82) is 0 Å². The molecule has 0 saturated carbocycles. The number of hydrazone groups is 1. The van der Waals surface area contributed by atoms with Gasteiger partial charge in [-0.2, -0.15) is 5.10 Å². The van der Waals surface area contributed by atoms with E-state index in [2.05, 4.69) is 38.0 Å². The summed E-state index contributed by atoms with van der Waals surface area (Å²) in [4.78, 5) is 0. The van der Waals surface area contributed by atoms with Crippen LogP contribution in [0.1, 0.15) is 46.6 Å². The maximum Gasteiger partial charge on any atom is 0.0517 e. The Balaban J connectivity index is 0. The van der Waals surface area contributed by atoms with E-state index in [9.17, 15) is 0 Å². The highest BCUT2D eigenvalue weighted by Gasteiger charge is 2.13. The lowest BCUT2D eigenvalue weighted by Crippen LogP contribution is -2.12. The molecule has 0 aliphatic rings. The Morgan fingerprint density at radius 1 is 1.15 bits per heavy atom. The van der Waals surface area contributed by atoms with E-state index in [0.29, 0.717) is 0 Å². The zero-order valence-electron chi connectivity index (χ0n) is 13.9. The number of hydrogen-bond acceptors (Lipinski definition) is 3. The molecular weight excluding hydrogens is 246 g/mol. The number of aryl methyl sites for hydroxylation is 1. The van der Waals surface area contributed by atoms with Crippen molar-refractivity contribution in [2.75, 3.05) is 0 Å². The van der Waals surface area contributed by atoms with Gasteiger partial charge in [0.25, 0.3) is 0 Å². The lowest BCUT2D eigenvalue weighted by molar-refractivity contribution is 0.525. The first kappa shape index (κ1) is 20.5. The predicted molar refractivity (Wildman–Crippen MR) is 91.5 cm³/mol. The molecule has 0 aliphatic carbocycles. The van der Waals surface area contributed by atoms with Gasteiger partial charge in [0.15, 0.2) is 0 Å². The molecule has 20 heavy (non-hydrogen) atoms. The molecule has 1 rings (SSSR count). The van der Waals surface area contributed by atoms with E-state index in [1.165, 1.54) is 18.2 Å². The molecule has 0 unspecified atom stereocenters. The molecule has 114 valence electrons. The molecule has 0 amide bonds. The second-order valence-electron chi connectivity index (χ2n) is 5.51. The van der Waals surface area contributed by atoms with Crippen LogP contribution in [0, 0.1) is 12.3 Å². The van der Waals surface area contributed by atoms with Crippen molar-refractivity contribution in [3.63, 3.8) is 0 Å². The quantitative estimate of drug-likeness (QED) is 0.458. The number of allylic oxidation sites excluding steroid dienone is 1. The van der Waals surface area contributed by atoms with Gasteiger partial charge < -0.3 is 11.6 Å². The first-order valence-corrected chi connectivity index (χ1v) is 7.00. The fourth-order valence-corrected chi connectivity index (χ4v) is 1.10. The van der Waals surface area contributed by atoms with Crippen LogP contribution in [0.25, 0.3) is 0 Å². The molecule has 0 fully saturated rings. The average Bonchev–Trinajstić information content (AvgIpc) is 2.37. The molecule has 0 aliphatic heterocycles. The SMILES string of the molecule is CC(C)(C)C(/C=N\N)=C/N.CCC.Cc1ccccc1. The third-order valence-corrected chi connectivity index (χ3v) is 2.20. The number of rotatable bonds is 1. The Bertz CT molecular complexity index is 373. The highest BCUT2D eigenvalue weighted by Crippen LogP contribution is 2.22. The van der Waals surface area contributed by atoms with Crippen molar-refractivity contribution in [3.8, 4) is 0 Å². The van der Waals surface area contributed by atoms with Crippen molar-refractivity contribution in [2.45, 2.75) is 48.0 Å². The second kappa shape index (κ2) is 12.3. The third kappa shape index (κ3) is 12.7. The molecular formula is C17H31N3. The van der Waals surface area contributed by atoms with Gasteiger partial charge in [0.1, 0.15) is 0 Å². The predicted octanol–water partition coefficient (Wildman–Crippen LogP) is 4.23. The van der Waals surface area contributed by atoms with Gasteiger partial charge in [0.2, 0.25) is 0 Å². The standard InChI is InChI=1S/C7H15N3.C7H8.C3H8/c1-7(2,3)6(4-8)5-10-9;1-7-5-3-2-4-6-7;1-3-2/h4-5H,8-9H2,1-3H3;2-6H,1H3;3H2,1-2H3/b6-4+,10-5-;;. The minimum Gasteiger partial charge on any atom is -0.404 e.